The van der Waals surface area contributed by atoms with E-state index in [0.717, 1.165) is 75.7 Å². The van der Waals surface area contributed by atoms with Gasteiger partial charge in [-0.1, -0.05) is 23.7 Å². The molecule has 174 valence electrons. The lowest BCUT2D eigenvalue weighted by Crippen LogP contribution is -2.52. The molecular formula is C23H33ClIN7. The van der Waals surface area contributed by atoms with Crippen molar-refractivity contribution in [2.75, 3.05) is 76.3 Å². The topological polar surface area (TPSA) is 50.2 Å². The van der Waals surface area contributed by atoms with Gasteiger partial charge < -0.3 is 24.9 Å². The average Bonchev–Trinajstić information content (AvgIpc) is 2.81. The summed E-state index contributed by atoms with van der Waals surface area (Å²) in [6.07, 6.45) is 1.89. The third-order valence-corrected chi connectivity index (χ3v) is 6.31. The third kappa shape index (κ3) is 6.17. The van der Waals surface area contributed by atoms with Gasteiger partial charge in [0.15, 0.2) is 5.96 Å². The number of nitrogens with one attached hydrogen (secondary N) is 1. The van der Waals surface area contributed by atoms with Gasteiger partial charge in [0.2, 0.25) is 0 Å². The van der Waals surface area contributed by atoms with E-state index in [1.165, 1.54) is 11.3 Å². The second-order valence-electron chi connectivity index (χ2n) is 8.13. The van der Waals surface area contributed by atoms with Crippen molar-refractivity contribution in [1.82, 2.24) is 20.1 Å². The van der Waals surface area contributed by atoms with Gasteiger partial charge in [-0.25, -0.2) is 4.98 Å². The Balaban J connectivity index is 0.00000289. The maximum absolute atomic E-state index is 6.16. The van der Waals surface area contributed by atoms with Gasteiger partial charge in [0.25, 0.3) is 0 Å². The number of anilines is 2. The van der Waals surface area contributed by atoms with Crippen molar-refractivity contribution in [3.8, 4) is 0 Å². The molecule has 4 rings (SSSR count). The van der Waals surface area contributed by atoms with E-state index in [0.29, 0.717) is 0 Å². The molecule has 2 aliphatic rings. The van der Waals surface area contributed by atoms with Crippen LogP contribution in [-0.2, 0) is 6.54 Å². The molecule has 1 aromatic carbocycles. The largest absolute Gasteiger partial charge is 0.368 e. The number of benzene rings is 1. The number of halogens is 2. The number of likely N-dealkylation sites (N-methyl/N-ethyl adjacent to an activating group) is 1. The maximum Gasteiger partial charge on any atom is 0.194 e. The predicted molar refractivity (Wildman–Crippen MR) is 145 cm³/mol. The molecule has 3 heterocycles. The number of hydrogen-bond donors (Lipinski definition) is 1. The minimum atomic E-state index is 0. The molecular weight excluding hydrogens is 537 g/mol. The lowest BCUT2D eigenvalue weighted by atomic mass is 10.2. The molecule has 0 unspecified atom stereocenters. The number of aliphatic imine (C=N–C) groups is 1. The first-order chi connectivity index (χ1) is 15.1. The smallest absolute Gasteiger partial charge is 0.194 e. The van der Waals surface area contributed by atoms with Crippen LogP contribution in [-0.4, -0.2) is 87.2 Å². The summed E-state index contributed by atoms with van der Waals surface area (Å²) in [5.74, 6) is 2.03. The molecule has 1 N–H and O–H groups in total. The van der Waals surface area contributed by atoms with Gasteiger partial charge in [-0.3, -0.25) is 4.99 Å². The minimum Gasteiger partial charge on any atom is -0.368 e. The van der Waals surface area contributed by atoms with E-state index in [1.54, 1.807) is 0 Å². The molecule has 2 aliphatic heterocycles. The second-order valence-corrected chi connectivity index (χ2v) is 8.57. The zero-order valence-electron chi connectivity index (χ0n) is 18.9. The summed E-state index contributed by atoms with van der Waals surface area (Å²) < 4.78 is 0. The van der Waals surface area contributed by atoms with Crippen molar-refractivity contribution < 1.29 is 0 Å². The number of aromatic nitrogens is 1. The number of pyridine rings is 1. The fourth-order valence-corrected chi connectivity index (χ4v) is 4.41. The van der Waals surface area contributed by atoms with E-state index in [4.69, 9.17) is 16.6 Å². The van der Waals surface area contributed by atoms with Gasteiger partial charge in [-0.2, -0.15) is 0 Å². The van der Waals surface area contributed by atoms with Crippen LogP contribution in [0.25, 0.3) is 0 Å². The van der Waals surface area contributed by atoms with E-state index >= 15 is 0 Å². The Kier molecular flexibility index (Phi) is 9.24. The molecule has 0 spiro atoms. The van der Waals surface area contributed by atoms with E-state index < -0.39 is 0 Å². The second kappa shape index (κ2) is 11.9. The molecule has 32 heavy (non-hydrogen) atoms. The van der Waals surface area contributed by atoms with Gasteiger partial charge in [0.1, 0.15) is 5.82 Å². The number of rotatable bonds is 4. The van der Waals surface area contributed by atoms with Gasteiger partial charge in [0.05, 0.1) is 0 Å². The minimum absolute atomic E-state index is 0. The highest BCUT2D eigenvalue weighted by Gasteiger charge is 2.21. The van der Waals surface area contributed by atoms with Gasteiger partial charge in [-0.05, 0) is 31.3 Å². The molecule has 9 heteroatoms. The highest BCUT2D eigenvalue weighted by Crippen LogP contribution is 2.21. The maximum atomic E-state index is 6.16. The third-order valence-electron chi connectivity index (χ3n) is 6.07. The van der Waals surface area contributed by atoms with Crippen molar-refractivity contribution in [2.45, 2.75) is 6.54 Å². The average molecular weight is 570 g/mol. The van der Waals surface area contributed by atoms with Crippen LogP contribution in [0.1, 0.15) is 5.56 Å². The van der Waals surface area contributed by atoms with E-state index in [-0.39, 0.29) is 24.0 Å². The summed E-state index contributed by atoms with van der Waals surface area (Å²) in [6, 6.07) is 12.3. The molecule has 1 aromatic heterocycles. The van der Waals surface area contributed by atoms with E-state index in [9.17, 15) is 0 Å². The summed E-state index contributed by atoms with van der Waals surface area (Å²) in [5, 5.41) is 4.35. The first-order valence-corrected chi connectivity index (χ1v) is 11.4. The summed E-state index contributed by atoms with van der Waals surface area (Å²) in [5.41, 5.74) is 2.40. The highest BCUT2D eigenvalue weighted by molar-refractivity contribution is 14.0. The monoisotopic (exact) mass is 569 g/mol. The lowest BCUT2D eigenvalue weighted by Gasteiger charge is -2.38. The van der Waals surface area contributed by atoms with Crippen molar-refractivity contribution in [3.63, 3.8) is 0 Å². The molecule has 0 aliphatic carbocycles. The summed E-state index contributed by atoms with van der Waals surface area (Å²) in [4.78, 5) is 18.7. The molecule has 0 saturated carbocycles. The van der Waals surface area contributed by atoms with Crippen molar-refractivity contribution >= 4 is 53.0 Å². The number of piperazine rings is 2. The van der Waals surface area contributed by atoms with Crippen LogP contribution in [0.5, 0.6) is 0 Å². The Bertz CT molecular complexity index is 893. The Hall–Kier alpha value is -1.78. The number of hydrogen-bond acceptors (Lipinski definition) is 5. The van der Waals surface area contributed by atoms with Gasteiger partial charge in [0, 0.05) is 88.4 Å². The Morgan fingerprint density at radius 3 is 2.41 bits per heavy atom. The Labute approximate surface area is 213 Å². The van der Waals surface area contributed by atoms with Crippen LogP contribution < -0.4 is 15.1 Å². The van der Waals surface area contributed by atoms with Gasteiger partial charge in [-0.15, -0.1) is 24.0 Å². The summed E-state index contributed by atoms with van der Waals surface area (Å²) in [7, 11) is 4.03. The molecule has 2 fully saturated rings. The molecule has 0 atom stereocenters. The molecule has 2 aromatic rings. The molecule has 0 amide bonds. The van der Waals surface area contributed by atoms with Crippen LogP contribution in [0.3, 0.4) is 0 Å². The normalized spacial score (nSPS) is 17.8. The SMILES string of the molecule is CN=C(NCc1cccnc1N1CCN(C)CC1)N1CCN(c2cccc(Cl)c2)CC1.I. The number of guanidine groups is 1. The number of nitrogens with zero attached hydrogens (tertiary/aromatic N) is 6. The van der Waals surface area contributed by atoms with E-state index in [1.807, 2.05) is 37.5 Å². The van der Waals surface area contributed by atoms with Crippen LogP contribution in [0.2, 0.25) is 5.02 Å². The lowest BCUT2D eigenvalue weighted by molar-refractivity contribution is 0.311. The zero-order chi connectivity index (χ0) is 21.6. The first kappa shape index (κ1) is 24.9. The summed E-state index contributed by atoms with van der Waals surface area (Å²) in [6.45, 7) is 8.62. The fourth-order valence-electron chi connectivity index (χ4n) is 4.23. The zero-order valence-corrected chi connectivity index (χ0v) is 22.0. The Morgan fingerprint density at radius 1 is 1.00 bits per heavy atom. The fraction of sp³-hybridized carbons (Fsp3) is 0.478. The molecule has 7 nitrogen and oxygen atoms in total. The quantitative estimate of drug-likeness (QED) is 0.347. The molecule has 0 radical (unpaired) electrons. The summed E-state index contributed by atoms with van der Waals surface area (Å²) >= 11 is 6.16. The van der Waals surface area contributed by atoms with Crippen LogP contribution in [0.15, 0.2) is 47.6 Å². The van der Waals surface area contributed by atoms with Gasteiger partial charge >= 0.3 is 0 Å². The van der Waals surface area contributed by atoms with Crippen molar-refractivity contribution in [2.24, 2.45) is 4.99 Å². The highest BCUT2D eigenvalue weighted by atomic mass is 127. The van der Waals surface area contributed by atoms with Crippen molar-refractivity contribution in [1.29, 1.82) is 0 Å². The van der Waals surface area contributed by atoms with Crippen molar-refractivity contribution in [3.05, 3.63) is 53.2 Å². The first-order valence-electron chi connectivity index (χ1n) is 11.0. The van der Waals surface area contributed by atoms with Crippen LogP contribution in [0.4, 0.5) is 11.5 Å². The molecule has 2 saturated heterocycles. The van der Waals surface area contributed by atoms with E-state index in [2.05, 4.69) is 49.1 Å². The molecule has 0 bridgehead atoms. The standard InChI is InChI=1S/C23H32ClN7.HI/c1-25-23(31-15-13-29(14-16-31)21-7-3-6-20(24)17-21)27-18-19-5-4-8-26-22(19)30-11-9-28(2)10-12-30;/h3-8,17H,9-16,18H2,1-2H3,(H,25,27);1H. The Morgan fingerprint density at radius 2 is 1.72 bits per heavy atom. The predicted octanol–water partition coefficient (Wildman–Crippen LogP) is 3.00. The van der Waals surface area contributed by atoms with Crippen LogP contribution in [0, 0.1) is 0 Å². The van der Waals surface area contributed by atoms with Crippen LogP contribution >= 0.6 is 35.6 Å².